The Morgan fingerprint density at radius 2 is 1.84 bits per heavy atom. The highest BCUT2D eigenvalue weighted by molar-refractivity contribution is 7.89. The fourth-order valence-corrected chi connectivity index (χ4v) is 6.29. The van der Waals surface area contributed by atoms with Crippen molar-refractivity contribution < 1.29 is 27.2 Å². The summed E-state index contributed by atoms with van der Waals surface area (Å²) in [7, 11) is -3.27. The highest BCUT2D eigenvalue weighted by Crippen LogP contribution is 2.36. The summed E-state index contributed by atoms with van der Waals surface area (Å²) in [6.45, 7) is 2.72. The first-order chi connectivity index (χ1) is 14.7. The molecule has 3 aliphatic rings. The number of carbonyl (C=O) groups excluding carboxylic acids is 3. The van der Waals surface area contributed by atoms with E-state index in [0.29, 0.717) is 43.5 Å². The number of hydrogen-bond acceptors (Lipinski definition) is 5. The Morgan fingerprint density at radius 1 is 1.13 bits per heavy atom. The molecule has 0 spiro atoms. The highest BCUT2D eigenvalue weighted by Gasteiger charge is 2.40. The Labute approximate surface area is 180 Å². The monoisotopic (exact) mass is 451 g/mol. The minimum Gasteiger partial charge on any atom is -0.322 e. The van der Waals surface area contributed by atoms with E-state index in [0.717, 1.165) is 0 Å². The third-order valence-corrected chi connectivity index (χ3v) is 8.47. The van der Waals surface area contributed by atoms with Gasteiger partial charge in [0.05, 0.1) is 5.75 Å². The van der Waals surface area contributed by atoms with Gasteiger partial charge < -0.3 is 4.90 Å². The van der Waals surface area contributed by atoms with E-state index >= 15 is 0 Å². The fraction of sp³-hybridized carbons (Fsp3) is 0.571. The van der Waals surface area contributed by atoms with Crippen LogP contribution in [0.2, 0.25) is 0 Å². The molecular weight excluding hydrogens is 425 g/mol. The average Bonchev–Trinajstić information content (AvgIpc) is 3.03. The zero-order chi connectivity index (χ0) is 22.3. The number of fused-ring (bicyclic) bond motifs is 1. The van der Waals surface area contributed by atoms with Gasteiger partial charge in [0.1, 0.15) is 11.9 Å². The molecule has 0 aliphatic carbocycles. The van der Waals surface area contributed by atoms with Crippen molar-refractivity contribution in [3.05, 3.63) is 34.6 Å². The molecule has 4 rings (SSSR count). The van der Waals surface area contributed by atoms with Crippen molar-refractivity contribution in [1.82, 2.24) is 14.5 Å². The average molecular weight is 452 g/mol. The Morgan fingerprint density at radius 3 is 2.48 bits per heavy atom. The molecule has 10 heteroatoms. The number of hydrogen-bond donors (Lipinski definition) is 1. The second-order valence-corrected chi connectivity index (χ2v) is 10.5. The Balaban J connectivity index is 1.50. The number of benzene rings is 1. The summed E-state index contributed by atoms with van der Waals surface area (Å²) < 4.78 is 41.0. The molecule has 1 aromatic carbocycles. The highest BCUT2D eigenvalue weighted by atomic mass is 32.2. The third-order valence-electron chi connectivity index (χ3n) is 6.39. The van der Waals surface area contributed by atoms with Gasteiger partial charge in [0.15, 0.2) is 0 Å². The zero-order valence-corrected chi connectivity index (χ0v) is 18.2. The summed E-state index contributed by atoms with van der Waals surface area (Å²) in [4.78, 5) is 37.8. The number of rotatable bonds is 5. The predicted molar refractivity (Wildman–Crippen MR) is 110 cm³/mol. The normalized spacial score (nSPS) is 23.2. The first-order valence-corrected chi connectivity index (χ1v) is 12.3. The van der Waals surface area contributed by atoms with Crippen molar-refractivity contribution in [2.45, 2.75) is 57.5 Å². The summed E-state index contributed by atoms with van der Waals surface area (Å²) in [6, 6.07) is 2.19. The minimum absolute atomic E-state index is 0.114. The van der Waals surface area contributed by atoms with E-state index in [1.165, 1.54) is 15.3 Å². The lowest BCUT2D eigenvalue weighted by Crippen LogP contribution is -2.52. The molecule has 0 radical (unpaired) electrons. The summed E-state index contributed by atoms with van der Waals surface area (Å²) >= 11 is 0. The van der Waals surface area contributed by atoms with Gasteiger partial charge in [0.25, 0.3) is 5.91 Å². The van der Waals surface area contributed by atoms with Gasteiger partial charge in [-0.15, -0.1) is 0 Å². The lowest BCUT2D eigenvalue weighted by Gasteiger charge is -2.31. The molecule has 1 aromatic rings. The SMILES string of the molecule is CCCS(=O)(=O)N1CCC(c2cc3c(cc2F)C(=O)N(C2CCC(=O)NC2=O)C3)CC1. The zero-order valence-electron chi connectivity index (χ0n) is 17.4. The van der Waals surface area contributed by atoms with Crippen molar-refractivity contribution in [2.24, 2.45) is 0 Å². The van der Waals surface area contributed by atoms with E-state index in [4.69, 9.17) is 0 Å². The van der Waals surface area contributed by atoms with Gasteiger partial charge in [0.2, 0.25) is 21.8 Å². The van der Waals surface area contributed by atoms with E-state index in [-0.39, 0.29) is 42.5 Å². The molecule has 3 aliphatic heterocycles. The Hall–Kier alpha value is -2.33. The first kappa shape index (κ1) is 21.9. The quantitative estimate of drug-likeness (QED) is 0.684. The Bertz CT molecular complexity index is 1030. The molecule has 8 nitrogen and oxygen atoms in total. The van der Waals surface area contributed by atoms with Crippen molar-refractivity contribution in [3.63, 3.8) is 0 Å². The number of imide groups is 1. The number of nitrogens with one attached hydrogen (secondary N) is 1. The van der Waals surface area contributed by atoms with Gasteiger partial charge in [0, 0.05) is 31.6 Å². The fourth-order valence-electron chi connectivity index (χ4n) is 4.75. The largest absolute Gasteiger partial charge is 0.322 e. The molecule has 2 saturated heterocycles. The smallest absolute Gasteiger partial charge is 0.255 e. The number of carbonyl (C=O) groups is 3. The van der Waals surface area contributed by atoms with Gasteiger partial charge >= 0.3 is 0 Å². The number of halogens is 1. The van der Waals surface area contributed by atoms with Crippen LogP contribution in [0.1, 0.15) is 66.4 Å². The molecule has 0 saturated carbocycles. The van der Waals surface area contributed by atoms with E-state index < -0.39 is 33.7 Å². The molecule has 3 amide bonds. The lowest BCUT2D eigenvalue weighted by atomic mass is 9.88. The van der Waals surface area contributed by atoms with Crippen molar-refractivity contribution in [2.75, 3.05) is 18.8 Å². The maximum atomic E-state index is 14.9. The van der Waals surface area contributed by atoms with Gasteiger partial charge in [-0.1, -0.05) is 13.0 Å². The maximum Gasteiger partial charge on any atom is 0.255 e. The van der Waals surface area contributed by atoms with Crippen molar-refractivity contribution >= 4 is 27.7 Å². The standard InChI is InChI=1S/C21H26FN3O5S/c1-2-9-31(29,30)24-7-5-13(6-8-24)15-10-14-12-25(21(28)16(14)11-17(15)22)18-3-4-19(26)23-20(18)27/h10-11,13,18H,2-9,12H2,1H3,(H,23,26,27). The van der Waals surface area contributed by atoms with Crippen molar-refractivity contribution in [1.29, 1.82) is 0 Å². The molecule has 0 aromatic heterocycles. The van der Waals surface area contributed by atoms with Crippen LogP contribution in [0.5, 0.6) is 0 Å². The molecule has 1 atom stereocenters. The number of sulfonamides is 1. The van der Waals surface area contributed by atoms with Gasteiger partial charge in [-0.2, -0.15) is 0 Å². The van der Waals surface area contributed by atoms with Gasteiger partial charge in [-0.05, 0) is 48.8 Å². The summed E-state index contributed by atoms with van der Waals surface area (Å²) in [5.41, 5.74) is 1.39. The summed E-state index contributed by atoms with van der Waals surface area (Å²) in [5.74, 6) is -1.76. The first-order valence-electron chi connectivity index (χ1n) is 10.7. The van der Waals surface area contributed by atoms with Crippen LogP contribution >= 0.6 is 0 Å². The molecule has 168 valence electrons. The lowest BCUT2D eigenvalue weighted by molar-refractivity contribution is -0.136. The van der Waals surface area contributed by atoms with Gasteiger partial charge in [-0.25, -0.2) is 17.1 Å². The predicted octanol–water partition coefficient (Wildman–Crippen LogP) is 1.51. The molecule has 3 heterocycles. The van der Waals surface area contributed by atoms with E-state index in [2.05, 4.69) is 5.32 Å². The van der Waals surface area contributed by atoms with Gasteiger partial charge in [-0.3, -0.25) is 19.7 Å². The molecule has 0 bridgehead atoms. The second-order valence-electron chi connectivity index (χ2n) is 8.42. The summed E-state index contributed by atoms with van der Waals surface area (Å²) in [6.07, 6.45) is 2.01. The topological polar surface area (TPSA) is 104 Å². The molecule has 1 unspecified atom stereocenters. The third kappa shape index (κ3) is 4.10. The molecule has 31 heavy (non-hydrogen) atoms. The van der Waals surface area contributed by atoms with E-state index in [9.17, 15) is 27.2 Å². The Kier molecular flexibility index (Phi) is 5.87. The second kappa shape index (κ2) is 8.31. The van der Waals surface area contributed by atoms with Crippen LogP contribution in [-0.2, 0) is 26.2 Å². The summed E-state index contributed by atoms with van der Waals surface area (Å²) in [5, 5.41) is 2.25. The number of nitrogens with zero attached hydrogens (tertiary/aromatic N) is 2. The number of piperidine rings is 2. The van der Waals surface area contributed by atoms with Crippen LogP contribution in [0, 0.1) is 5.82 Å². The maximum absolute atomic E-state index is 14.9. The number of amides is 3. The van der Waals surface area contributed by atoms with Crippen LogP contribution in [0.4, 0.5) is 4.39 Å². The van der Waals surface area contributed by atoms with E-state index in [1.807, 2.05) is 6.92 Å². The molecule has 1 N–H and O–H groups in total. The van der Waals surface area contributed by atoms with Crippen LogP contribution in [-0.4, -0.2) is 60.2 Å². The van der Waals surface area contributed by atoms with Crippen LogP contribution in [0.3, 0.4) is 0 Å². The molecular formula is C21H26FN3O5S. The van der Waals surface area contributed by atoms with Crippen molar-refractivity contribution in [3.8, 4) is 0 Å². The van der Waals surface area contributed by atoms with Crippen LogP contribution in [0.25, 0.3) is 0 Å². The van der Waals surface area contributed by atoms with Crippen LogP contribution < -0.4 is 5.32 Å². The molecule has 2 fully saturated rings. The van der Waals surface area contributed by atoms with E-state index in [1.54, 1.807) is 6.07 Å². The minimum atomic E-state index is -3.27. The van der Waals surface area contributed by atoms with Crippen LogP contribution in [0.15, 0.2) is 12.1 Å².